The average molecular weight is 411 g/mol. The Labute approximate surface area is 174 Å². The first-order valence-electron chi connectivity index (χ1n) is 9.92. The lowest BCUT2D eigenvalue weighted by atomic mass is 10.2. The fraction of sp³-hybridized carbons (Fsp3) is 0.304. The molecule has 0 spiro atoms. The minimum absolute atomic E-state index is 0.0857. The number of hydrogen-bond donors (Lipinski definition) is 0. The van der Waals surface area contributed by atoms with Gasteiger partial charge in [0, 0.05) is 19.2 Å². The molecule has 3 aromatic rings. The van der Waals surface area contributed by atoms with Crippen molar-refractivity contribution in [3.05, 3.63) is 58.4 Å². The summed E-state index contributed by atoms with van der Waals surface area (Å²) in [6, 6.07) is 11.8. The normalized spacial score (nSPS) is 10.7. The van der Waals surface area contributed by atoms with Crippen molar-refractivity contribution in [2.75, 3.05) is 19.7 Å². The number of fused-ring (bicyclic) bond motifs is 1. The van der Waals surface area contributed by atoms with Crippen LogP contribution in [0.25, 0.3) is 11.0 Å². The van der Waals surface area contributed by atoms with Gasteiger partial charge in [0.25, 0.3) is 0 Å². The van der Waals surface area contributed by atoms with Gasteiger partial charge in [0.05, 0.1) is 12.0 Å². The largest absolute Gasteiger partial charge is 0.490 e. The zero-order valence-corrected chi connectivity index (χ0v) is 17.6. The first kappa shape index (κ1) is 21.2. The number of carbonyl (C=O) groups excluding carboxylic acids is 1. The molecule has 0 aliphatic heterocycles. The van der Waals surface area contributed by atoms with E-state index in [1.807, 2.05) is 26.8 Å². The van der Waals surface area contributed by atoms with E-state index in [0.717, 1.165) is 0 Å². The van der Waals surface area contributed by atoms with Gasteiger partial charge in [0.15, 0.2) is 11.5 Å². The molecular weight excluding hydrogens is 386 g/mol. The van der Waals surface area contributed by atoms with E-state index >= 15 is 0 Å². The number of ether oxygens (including phenoxy) is 3. The molecule has 2 aromatic carbocycles. The predicted molar refractivity (Wildman–Crippen MR) is 114 cm³/mol. The highest BCUT2D eigenvalue weighted by atomic mass is 16.6. The summed E-state index contributed by atoms with van der Waals surface area (Å²) in [5.74, 6) is 1.67. The van der Waals surface area contributed by atoms with E-state index in [0.29, 0.717) is 53.7 Å². The number of benzene rings is 2. The minimum Gasteiger partial charge on any atom is -0.490 e. The van der Waals surface area contributed by atoms with E-state index in [2.05, 4.69) is 0 Å². The summed E-state index contributed by atoms with van der Waals surface area (Å²) in [4.78, 5) is 26.7. The molecule has 1 amide bonds. The molecule has 0 unspecified atom stereocenters. The van der Waals surface area contributed by atoms with Gasteiger partial charge < -0.3 is 23.5 Å². The molecule has 0 aliphatic rings. The molecule has 0 N–H and O–H groups in total. The van der Waals surface area contributed by atoms with Gasteiger partial charge in [-0.25, -0.2) is 4.79 Å². The fourth-order valence-electron chi connectivity index (χ4n) is 3.02. The number of amides is 1. The lowest BCUT2D eigenvalue weighted by Gasteiger charge is -2.18. The number of rotatable bonds is 7. The number of nitrogens with zero attached hydrogens (tertiary/aromatic N) is 1. The van der Waals surface area contributed by atoms with Crippen LogP contribution < -0.4 is 19.6 Å². The van der Waals surface area contributed by atoms with Crippen LogP contribution in [0.2, 0.25) is 0 Å². The molecule has 7 heteroatoms. The molecule has 0 radical (unpaired) electrons. The fourth-order valence-corrected chi connectivity index (χ4v) is 3.02. The van der Waals surface area contributed by atoms with Crippen molar-refractivity contribution >= 4 is 17.1 Å². The van der Waals surface area contributed by atoms with Crippen molar-refractivity contribution in [3.8, 4) is 23.0 Å². The summed E-state index contributed by atoms with van der Waals surface area (Å²) >= 11 is 0. The summed E-state index contributed by atoms with van der Waals surface area (Å²) in [5.41, 5.74) is -0.00513. The maximum atomic E-state index is 13.0. The van der Waals surface area contributed by atoms with Crippen LogP contribution in [-0.2, 0) is 0 Å². The second-order valence-corrected chi connectivity index (χ2v) is 6.50. The van der Waals surface area contributed by atoms with E-state index in [1.165, 1.54) is 6.07 Å². The molecule has 1 heterocycles. The monoisotopic (exact) mass is 411 g/mol. The summed E-state index contributed by atoms with van der Waals surface area (Å²) in [7, 11) is 0. The number of para-hydroxylation sites is 2. The van der Waals surface area contributed by atoms with E-state index in [9.17, 15) is 9.59 Å². The van der Waals surface area contributed by atoms with E-state index in [1.54, 1.807) is 42.2 Å². The molecule has 3 rings (SSSR count). The smallest absolute Gasteiger partial charge is 0.415 e. The van der Waals surface area contributed by atoms with Gasteiger partial charge in [-0.1, -0.05) is 12.1 Å². The maximum Gasteiger partial charge on any atom is 0.415 e. The standard InChI is InChI=1S/C23H25NO6/c1-5-24(6-2)23(26)29-16-12-13-17-20(14-16)28-15(4)22(21(17)25)30-19-11-9-8-10-18(19)27-7-3/h8-14H,5-7H2,1-4H3. The second kappa shape index (κ2) is 9.35. The molecule has 0 atom stereocenters. The van der Waals surface area contributed by atoms with Gasteiger partial charge in [-0.3, -0.25) is 4.79 Å². The van der Waals surface area contributed by atoms with Gasteiger partial charge in [-0.2, -0.15) is 0 Å². The maximum absolute atomic E-state index is 13.0. The van der Waals surface area contributed by atoms with Crippen molar-refractivity contribution in [1.29, 1.82) is 0 Å². The third kappa shape index (κ3) is 4.40. The molecule has 1 aromatic heterocycles. The zero-order chi connectivity index (χ0) is 21.7. The molecule has 7 nitrogen and oxygen atoms in total. The molecule has 30 heavy (non-hydrogen) atoms. The SMILES string of the molecule is CCOc1ccccc1Oc1c(C)oc2cc(OC(=O)N(CC)CC)ccc2c1=O. The van der Waals surface area contributed by atoms with E-state index in [4.69, 9.17) is 18.6 Å². The van der Waals surface area contributed by atoms with E-state index < -0.39 is 6.09 Å². The third-order valence-corrected chi connectivity index (χ3v) is 4.57. The Balaban J connectivity index is 1.95. The van der Waals surface area contributed by atoms with Crippen LogP contribution in [0, 0.1) is 6.92 Å². The van der Waals surface area contributed by atoms with Gasteiger partial charge in [-0.15, -0.1) is 0 Å². The van der Waals surface area contributed by atoms with Crippen LogP contribution in [0.15, 0.2) is 51.7 Å². The van der Waals surface area contributed by atoms with Crippen molar-refractivity contribution in [3.63, 3.8) is 0 Å². The van der Waals surface area contributed by atoms with Crippen LogP contribution in [0.5, 0.6) is 23.0 Å². The Morgan fingerprint density at radius 3 is 2.40 bits per heavy atom. The highest BCUT2D eigenvalue weighted by Crippen LogP contribution is 2.33. The number of aryl methyl sites for hydroxylation is 1. The van der Waals surface area contributed by atoms with Crippen LogP contribution in [0.4, 0.5) is 4.79 Å². The van der Waals surface area contributed by atoms with Gasteiger partial charge in [0.2, 0.25) is 11.2 Å². The topological polar surface area (TPSA) is 78.2 Å². The van der Waals surface area contributed by atoms with Crippen molar-refractivity contribution in [2.45, 2.75) is 27.7 Å². The quantitative estimate of drug-likeness (QED) is 0.536. The number of carbonyl (C=O) groups is 1. The molecule has 0 fully saturated rings. The molecule has 0 saturated carbocycles. The van der Waals surface area contributed by atoms with Crippen LogP contribution in [-0.4, -0.2) is 30.7 Å². The lowest BCUT2D eigenvalue weighted by molar-refractivity contribution is 0.157. The summed E-state index contributed by atoms with van der Waals surface area (Å²) in [5, 5.41) is 0.326. The third-order valence-electron chi connectivity index (χ3n) is 4.57. The highest BCUT2D eigenvalue weighted by Gasteiger charge is 2.18. The second-order valence-electron chi connectivity index (χ2n) is 6.50. The Bertz CT molecular complexity index is 1100. The number of hydrogen-bond acceptors (Lipinski definition) is 6. The van der Waals surface area contributed by atoms with E-state index in [-0.39, 0.29) is 11.2 Å². The van der Waals surface area contributed by atoms with Crippen molar-refractivity contribution in [2.24, 2.45) is 0 Å². The van der Waals surface area contributed by atoms with Crippen molar-refractivity contribution in [1.82, 2.24) is 4.90 Å². The predicted octanol–water partition coefficient (Wildman–Crippen LogP) is 5.13. The van der Waals surface area contributed by atoms with Gasteiger partial charge in [0.1, 0.15) is 17.1 Å². The molecule has 0 aliphatic carbocycles. The summed E-state index contributed by atoms with van der Waals surface area (Å²) < 4.78 is 22.6. The Morgan fingerprint density at radius 2 is 1.73 bits per heavy atom. The first-order chi connectivity index (χ1) is 14.5. The Hall–Kier alpha value is -3.48. The summed E-state index contributed by atoms with van der Waals surface area (Å²) in [6.45, 7) is 8.82. The van der Waals surface area contributed by atoms with Crippen molar-refractivity contribution < 1.29 is 23.4 Å². The highest BCUT2D eigenvalue weighted by molar-refractivity contribution is 5.81. The Kier molecular flexibility index (Phi) is 6.61. The lowest BCUT2D eigenvalue weighted by Crippen LogP contribution is -2.33. The first-order valence-corrected chi connectivity index (χ1v) is 9.92. The van der Waals surface area contributed by atoms with Crippen LogP contribution >= 0.6 is 0 Å². The van der Waals surface area contributed by atoms with Crippen LogP contribution in [0.1, 0.15) is 26.5 Å². The Morgan fingerprint density at radius 1 is 1.03 bits per heavy atom. The minimum atomic E-state index is -0.453. The zero-order valence-electron chi connectivity index (χ0n) is 17.6. The van der Waals surface area contributed by atoms with Crippen LogP contribution in [0.3, 0.4) is 0 Å². The molecule has 158 valence electrons. The van der Waals surface area contributed by atoms with Gasteiger partial charge in [-0.05, 0) is 52.0 Å². The molecule has 0 saturated heterocycles. The van der Waals surface area contributed by atoms with Gasteiger partial charge >= 0.3 is 6.09 Å². The molecule has 0 bridgehead atoms. The summed E-state index contributed by atoms with van der Waals surface area (Å²) in [6.07, 6.45) is -0.453. The average Bonchev–Trinajstić information content (AvgIpc) is 2.73. The molecular formula is C23H25NO6.